The molecule has 2 saturated heterocycles. The molecule has 0 saturated carbocycles. The number of nitrogens with zero attached hydrogens (tertiary/aromatic N) is 4. The van der Waals surface area contributed by atoms with Crippen LogP contribution in [-0.2, 0) is 29.1 Å². The third kappa shape index (κ3) is 5.23. The van der Waals surface area contributed by atoms with Gasteiger partial charge >= 0.3 is 6.03 Å². The Labute approximate surface area is 218 Å². The van der Waals surface area contributed by atoms with Crippen LogP contribution in [0.1, 0.15) is 16.9 Å². The summed E-state index contributed by atoms with van der Waals surface area (Å²) in [6.45, 7) is -1.30. The van der Waals surface area contributed by atoms with Crippen molar-refractivity contribution in [1.29, 1.82) is 0 Å². The second kappa shape index (κ2) is 11.0. The Morgan fingerprint density at radius 2 is 1.76 bits per heavy atom. The lowest BCUT2D eigenvalue weighted by molar-refractivity contribution is -0.195. The minimum atomic E-state index is -1.07. The van der Waals surface area contributed by atoms with E-state index in [9.17, 15) is 23.2 Å². The van der Waals surface area contributed by atoms with Crippen LogP contribution in [-0.4, -0.2) is 69.8 Å². The van der Waals surface area contributed by atoms with Crippen molar-refractivity contribution in [1.82, 2.24) is 25.1 Å². The Morgan fingerprint density at radius 1 is 1.00 bits per heavy atom. The van der Waals surface area contributed by atoms with Gasteiger partial charge in [0.15, 0.2) is 6.80 Å². The van der Waals surface area contributed by atoms with Gasteiger partial charge in [-0.3, -0.25) is 9.59 Å². The molecule has 9 nitrogen and oxygen atoms in total. The van der Waals surface area contributed by atoms with Crippen LogP contribution < -0.4 is 5.32 Å². The lowest BCUT2D eigenvalue weighted by Gasteiger charge is -2.54. The number of urea groups is 1. The van der Waals surface area contributed by atoms with Gasteiger partial charge in [-0.05, 0) is 35.4 Å². The summed E-state index contributed by atoms with van der Waals surface area (Å²) in [6.07, 6.45) is 0.792. The number of benzene rings is 2. The largest absolute Gasteiger partial charge is 0.467 e. The van der Waals surface area contributed by atoms with Crippen molar-refractivity contribution < 1.29 is 27.6 Å². The lowest BCUT2D eigenvalue weighted by atomic mass is 9.98. The zero-order valence-electron chi connectivity index (χ0n) is 20.5. The summed E-state index contributed by atoms with van der Waals surface area (Å²) in [7, 11) is 0. The average molecular weight is 524 g/mol. The smallest absolute Gasteiger partial charge is 0.334 e. The number of nitrogens with one attached hydrogen (secondary N) is 1. The van der Waals surface area contributed by atoms with Crippen LogP contribution in [0.5, 0.6) is 0 Å². The van der Waals surface area contributed by atoms with Gasteiger partial charge in [-0.2, -0.15) is 5.01 Å². The molecule has 3 heterocycles. The van der Waals surface area contributed by atoms with Crippen LogP contribution in [0, 0.1) is 5.82 Å². The number of carbonyl (C=O) groups excluding carboxylic acids is 3. The van der Waals surface area contributed by atoms with Gasteiger partial charge in [-0.25, -0.2) is 18.6 Å². The van der Waals surface area contributed by atoms with Gasteiger partial charge in [0.2, 0.25) is 11.8 Å². The molecule has 4 amide bonds. The summed E-state index contributed by atoms with van der Waals surface area (Å²) in [4.78, 5) is 43.3. The predicted molar refractivity (Wildman–Crippen MR) is 132 cm³/mol. The van der Waals surface area contributed by atoms with Crippen LogP contribution in [0.3, 0.4) is 0 Å². The van der Waals surface area contributed by atoms with Gasteiger partial charge in [-0.15, -0.1) is 0 Å². The number of piperazine rings is 1. The second-order valence-electron chi connectivity index (χ2n) is 9.20. The van der Waals surface area contributed by atoms with Crippen LogP contribution >= 0.6 is 0 Å². The maximum atomic E-state index is 14.1. The Hall–Kier alpha value is -4.25. The SMILES string of the molecule is O=C1[C@H](Cc2ccccc2)N2C(=O)CN(CF)N(C(=O)NCc3ccc(F)cc3)[C@H]2CN1Cc1ccco1. The first-order valence-electron chi connectivity index (χ1n) is 12.2. The summed E-state index contributed by atoms with van der Waals surface area (Å²) in [6, 6.07) is 16.8. The maximum absolute atomic E-state index is 14.1. The monoisotopic (exact) mass is 523 g/mol. The van der Waals surface area contributed by atoms with E-state index in [1.807, 2.05) is 30.3 Å². The number of hydrazine groups is 1. The summed E-state index contributed by atoms with van der Waals surface area (Å²) < 4.78 is 32.9. The molecule has 2 aliphatic rings. The topological polar surface area (TPSA) is 89.3 Å². The maximum Gasteiger partial charge on any atom is 0.334 e. The molecule has 38 heavy (non-hydrogen) atoms. The molecule has 5 rings (SSSR count). The Morgan fingerprint density at radius 3 is 2.45 bits per heavy atom. The van der Waals surface area contributed by atoms with Crippen molar-refractivity contribution in [2.75, 3.05) is 19.9 Å². The van der Waals surface area contributed by atoms with Gasteiger partial charge in [0.1, 0.15) is 30.3 Å². The molecular formula is C27H27F2N5O4. The average Bonchev–Trinajstić information content (AvgIpc) is 3.44. The number of hydrogen-bond donors (Lipinski definition) is 1. The summed E-state index contributed by atoms with van der Waals surface area (Å²) >= 11 is 0. The fraction of sp³-hybridized carbons (Fsp3) is 0.296. The van der Waals surface area contributed by atoms with Crippen LogP contribution in [0.4, 0.5) is 13.6 Å². The van der Waals surface area contributed by atoms with E-state index in [2.05, 4.69) is 5.32 Å². The highest BCUT2D eigenvalue weighted by molar-refractivity contribution is 5.91. The van der Waals surface area contributed by atoms with E-state index < -0.39 is 43.3 Å². The van der Waals surface area contributed by atoms with Crippen molar-refractivity contribution in [3.8, 4) is 0 Å². The Kier molecular flexibility index (Phi) is 7.36. The van der Waals surface area contributed by atoms with E-state index in [0.29, 0.717) is 11.3 Å². The molecule has 0 aliphatic carbocycles. The fourth-order valence-corrected chi connectivity index (χ4v) is 4.93. The third-order valence-electron chi connectivity index (χ3n) is 6.73. The fourth-order valence-electron chi connectivity index (χ4n) is 4.93. The molecule has 3 aromatic rings. The molecule has 2 aromatic carbocycles. The van der Waals surface area contributed by atoms with Gasteiger partial charge in [0.05, 0.1) is 19.4 Å². The van der Waals surface area contributed by atoms with E-state index in [-0.39, 0.29) is 32.0 Å². The molecule has 0 spiro atoms. The van der Waals surface area contributed by atoms with E-state index in [1.165, 1.54) is 45.3 Å². The number of fused-ring (bicyclic) bond motifs is 1. The molecular weight excluding hydrogens is 496 g/mol. The highest BCUT2D eigenvalue weighted by Gasteiger charge is 2.51. The minimum absolute atomic E-state index is 0.0307. The number of carbonyl (C=O) groups is 3. The Bertz CT molecular complexity index is 1270. The highest BCUT2D eigenvalue weighted by atomic mass is 19.1. The normalized spacial score (nSPS) is 20.0. The molecule has 2 atom stereocenters. The van der Waals surface area contributed by atoms with E-state index in [0.717, 1.165) is 10.6 Å². The van der Waals surface area contributed by atoms with Crippen LogP contribution in [0.2, 0.25) is 0 Å². The quantitative estimate of drug-likeness (QED) is 0.481. The third-order valence-corrected chi connectivity index (χ3v) is 6.73. The van der Waals surface area contributed by atoms with Crippen molar-refractivity contribution in [2.24, 2.45) is 0 Å². The number of hydrogen-bond acceptors (Lipinski definition) is 5. The summed E-state index contributed by atoms with van der Waals surface area (Å²) in [5, 5.41) is 4.94. The molecule has 1 N–H and O–H groups in total. The van der Waals surface area contributed by atoms with Crippen molar-refractivity contribution in [3.63, 3.8) is 0 Å². The molecule has 2 fully saturated rings. The Balaban J connectivity index is 1.45. The van der Waals surface area contributed by atoms with Crippen LogP contribution in [0.25, 0.3) is 0 Å². The molecule has 11 heteroatoms. The number of rotatable bonds is 7. The number of alkyl halides is 1. The van der Waals surface area contributed by atoms with Gasteiger partial charge < -0.3 is 19.5 Å². The predicted octanol–water partition coefficient (Wildman–Crippen LogP) is 2.90. The number of halogens is 2. The first kappa shape index (κ1) is 25.4. The van der Waals surface area contributed by atoms with Gasteiger partial charge in [0, 0.05) is 13.0 Å². The first-order chi connectivity index (χ1) is 18.4. The van der Waals surface area contributed by atoms with E-state index >= 15 is 0 Å². The minimum Gasteiger partial charge on any atom is -0.467 e. The van der Waals surface area contributed by atoms with Crippen LogP contribution in [0.15, 0.2) is 77.4 Å². The number of furan rings is 1. The van der Waals surface area contributed by atoms with Gasteiger partial charge in [-0.1, -0.05) is 42.5 Å². The molecule has 0 bridgehead atoms. The van der Waals surface area contributed by atoms with Gasteiger partial charge in [0.25, 0.3) is 0 Å². The van der Waals surface area contributed by atoms with Crippen molar-refractivity contribution in [2.45, 2.75) is 31.7 Å². The molecule has 198 valence electrons. The van der Waals surface area contributed by atoms with E-state index in [4.69, 9.17) is 4.42 Å². The van der Waals surface area contributed by atoms with E-state index in [1.54, 1.807) is 12.1 Å². The standard InChI is InChI=1S/C27H27F2N5O4/c28-18-32-17-25(35)33-23(13-19-5-2-1-3-6-19)26(36)31(15-22-7-4-12-38-22)16-24(33)34(32)27(37)30-14-20-8-10-21(29)11-9-20/h1-12,23-24H,13-18H2,(H,30,37)/t23-,24-/m0/s1. The summed E-state index contributed by atoms with van der Waals surface area (Å²) in [5.74, 6) is -0.582. The number of amides is 4. The summed E-state index contributed by atoms with van der Waals surface area (Å²) in [5.41, 5.74) is 1.49. The first-order valence-corrected chi connectivity index (χ1v) is 12.2. The van der Waals surface area contributed by atoms with Crippen molar-refractivity contribution >= 4 is 17.8 Å². The molecule has 0 radical (unpaired) electrons. The zero-order valence-corrected chi connectivity index (χ0v) is 20.5. The second-order valence-corrected chi connectivity index (χ2v) is 9.20. The molecule has 1 aromatic heterocycles. The highest BCUT2D eigenvalue weighted by Crippen LogP contribution is 2.29. The van der Waals surface area contributed by atoms with Crippen molar-refractivity contribution in [3.05, 3.63) is 95.7 Å². The molecule has 2 aliphatic heterocycles. The lowest BCUT2D eigenvalue weighted by Crippen LogP contribution is -2.76. The molecule has 0 unspecified atom stereocenters. The zero-order chi connectivity index (χ0) is 26.6.